The van der Waals surface area contributed by atoms with Crippen LogP contribution in [0.2, 0.25) is 0 Å². The molecule has 2 aromatic rings. The summed E-state index contributed by atoms with van der Waals surface area (Å²) in [5, 5.41) is 0.624. The first kappa shape index (κ1) is 27.2. The van der Waals surface area contributed by atoms with Gasteiger partial charge in [-0.15, -0.1) is 11.3 Å². The molecular weight excluding hydrogens is 483 g/mol. The highest BCUT2D eigenvalue weighted by atomic mass is 32.1. The monoisotopic (exact) mass is 509 g/mol. The molecule has 0 fully saturated rings. The van der Waals surface area contributed by atoms with Gasteiger partial charge in [-0.3, -0.25) is 13.9 Å². The van der Waals surface area contributed by atoms with Crippen LogP contribution in [0.5, 0.6) is 0 Å². The van der Waals surface area contributed by atoms with Gasteiger partial charge in [0, 0.05) is 12.0 Å². The molecule has 3 amide bonds. The molecule has 15 heteroatoms. The first-order chi connectivity index (χ1) is 15.6. The number of nitrogens with one attached hydrogen (secondary N) is 1. The number of alkyl halides is 3. The molecule has 190 valence electrons. The van der Waals surface area contributed by atoms with Gasteiger partial charge < -0.3 is 15.2 Å². The minimum atomic E-state index is -4.80. The molecule has 0 bridgehead atoms. The number of hydrogen-bond acceptors (Lipinski definition) is 7. The van der Waals surface area contributed by atoms with Crippen LogP contribution >= 0.6 is 11.3 Å². The quantitative estimate of drug-likeness (QED) is 0.572. The Hall–Kier alpha value is -3.07. The predicted molar refractivity (Wildman–Crippen MR) is 118 cm³/mol. The van der Waals surface area contributed by atoms with Gasteiger partial charge in [0.25, 0.3) is 5.56 Å². The number of hydrazine groups is 1. The van der Waals surface area contributed by atoms with Crippen LogP contribution in [0.15, 0.2) is 9.59 Å². The van der Waals surface area contributed by atoms with Crippen molar-refractivity contribution in [2.75, 3.05) is 13.7 Å². The van der Waals surface area contributed by atoms with Crippen LogP contribution in [0.1, 0.15) is 31.2 Å². The Bertz CT molecular complexity index is 1190. The summed E-state index contributed by atoms with van der Waals surface area (Å²) in [6.45, 7) is 4.11. The molecule has 0 saturated heterocycles. The number of methoxy groups -OCH3 is 1. The summed E-state index contributed by atoms with van der Waals surface area (Å²) in [7, 11) is 1.35. The number of ether oxygens (including phenoxy) is 2. The van der Waals surface area contributed by atoms with Crippen molar-refractivity contribution in [2.45, 2.75) is 59.1 Å². The van der Waals surface area contributed by atoms with Gasteiger partial charge in [-0.05, 0) is 33.3 Å². The number of amides is 3. The van der Waals surface area contributed by atoms with Gasteiger partial charge >= 0.3 is 24.0 Å². The van der Waals surface area contributed by atoms with Crippen molar-refractivity contribution in [3.8, 4) is 0 Å². The van der Waals surface area contributed by atoms with E-state index in [9.17, 15) is 32.3 Å². The second-order valence-electron chi connectivity index (χ2n) is 8.30. The summed E-state index contributed by atoms with van der Waals surface area (Å²) in [5.41, 5.74) is 4.66. The van der Waals surface area contributed by atoms with Crippen LogP contribution in [0.4, 0.5) is 22.8 Å². The molecule has 11 nitrogen and oxygen atoms in total. The Balaban J connectivity index is 2.60. The van der Waals surface area contributed by atoms with Gasteiger partial charge in [0.05, 0.1) is 25.1 Å². The van der Waals surface area contributed by atoms with E-state index >= 15 is 0 Å². The number of nitrogens with two attached hydrogens (primary N) is 1. The third-order valence-electron chi connectivity index (χ3n) is 4.44. The normalized spacial score (nSPS) is 12.1. The number of rotatable bonds is 6. The number of thiophene rings is 1. The van der Waals surface area contributed by atoms with Crippen molar-refractivity contribution >= 4 is 33.7 Å². The van der Waals surface area contributed by atoms with Crippen LogP contribution in [0, 0.1) is 6.92 Å². The maximum Gasteiger partial charge on any atom is 0.426 e. The molecule has 0 radical (unpaired) electrons. The van der Waals surface area contributed by atoms with E-state index in [4.69, 9.17) is 15.2 Å². The van der Waals surface area contributed by atoms with Gasteiger partial charge in [0.1, 0.15) is 17.0 Å². The second-order valence-corrected chi connectivity index (χ2v) is 9.39. The lowest BCUT2D eigenvalue weighted by atomic mass is 10.2. The average molecular weight is 510 g/mol. The number of nitrogens with zero attached hydrogens (tertiary/aromatic N) is 3. The van der Waals surface area contributed by atoms with E-state index in [2.05, 4.69) is 5.43 Å². The maximum atomic E-state index is 13.1. The number of urea groups is 1. The van der Waals surface area contributed by atoms with Crippen LogP contribution in [0.25, 0.3) is 10.2 Å². The van der Waals surface area contributed by atoms with E-state index in [0.717, 1.165) is 20.9 Å². The fourth-order valence-corrected chi connectivity index (χ4v) is 4.32. The fraction of sp³-hybridized carbons (Fsp3) is 0.579. The summed E-state index contributed by atoms with van der Waals surface area (Å²) in [5.74, 6) is 0. The molecule has 0 aliphatic rings. The Labute approximate surface area is 195 Å². The lowest BCUT2D eigenvalue weighted by Gasteiger charge is -2.24. The molecule has 2 aromatic heterocycles. The van der Waals surface area contributed by atoms with E-state index in [-0.39, 0.29) is 40.0 Å². The molecule has 0 saturated carbocycles. The Morgan fingerprint density at radius 3 is 2.29 bits per heavy atom. The zero-order chi connectivity index (χ0) is 26.0. The molecule has 0 spiro atoms. The minimum absolute atomic E-state index is 0.000873. The van der Waals surface area contributed by atoms with Crippen molar-refractivity contribution in [3.63, 3.8) is 0 Å². The van der Waals surface area contributed by atoms with Crippen molar-refractivity contribution in [2.24, 2.45) is 5.73 Å². The summed E-state index contributed by atoms with van der Waals surface area (Å²) < 4.78 is 50.3. The van der Waals surface area contributed by atoms with E-state index in [1.165, 1.54) is 14.0 Å². The van der Waals surface area contributed by atoms with Gasteiger partial charge in [-0.1, -0.05) is 0 Å². The Kier molecular flexibility index (Phi) is 8.03. The van der Waals surface area contributed by atoms with Crippen molar-refractivity contribution in [1.82, 2.24) is 19.6 Å². The smallest absolute Gasteiger partial charge is 0.426 e. The lowest BCUT2D eigenvalue weighted by molar-refractivity contribution is -0.141. The van der Waals surface area contributed by atoms with Crippen LogP contribution in [-0.4, -0.2) is 51.8 Å². The molecule has 0 atom stereocenters. The predicted octanol–water partition coefficient (Wildman–Crippen LogP) is 2.06. The molecule has 0 aromatic carbocycles. The van der Waals surface area contributed by atoms with Crippen molar-refractivity contribution in [3.05, 3.63) is 31.3 Å². The van der Waals surface area contributed by atoms with Gasteiger partial charge in [0.15, 0.2) is 0 Å². The molecule has 34 heavy (non-hydrogen) atoms. The molecule has 0 unspecified atom stereocenters. The second kappa shape index (κ2) is 10.0. The van der Waals surface area contributed by atoms with E-state index in [0.29, 0.717) is 4.88 Å². The zero-order valence-corrected chi connectivity index (χ0v) is 20.1. The van der Waals surface area contributed by atoms with E-state index < -0.39 is 41.7 Å². The van der Waals surface area contributed by atoms with Crippen molar-refractivity contribution < 1.29 is 32.2 Å². The number of halogens is 3. The SMILES string of the molecule is COCCn1c(=O)n(CC(F)(F)F)c(=O)c2c(C)c(CN(NC(=O)OC(C)(C)C)C(N)=O)sc21. The number of aryl methyl sites for hydroxylation is 1. The third-order valence-corrected chi connectivity index (χ3v) is 5.74. The Morgan fingerprint density at radius 1 is 1.18 bits per heavy atom. The number of carbonyl (C=O) groups is 2. The van der Waals surface area contributed by atoms with Gasteiger partial charge in [-0.2, -0.15) is 13.2 Å². The average Bonchev–Trinajstić information content (AvgIpc) is 2.98. The lowest BCUT2D eigenvalue weighted by Crippen LogP contribution is -2.49. The summed E-state index contributed by atoms with van der Waals surface area (Å²) in [6.07, 6.45) is -5.77. The van der Waals surface area contributed by atoms with Gasteiger partial charge in [0.2, 0.25) is 0 Å². The molecule has 0 aliphatic heterocycles. The third kappa shape index (κ3) is 6.50. The van der Waals surface area contributed by atoms with Gasteiger partial charge in [-0.25, -0.2) is 24.8 Å². The molecule has 3 N–H and O–H groups in total. The van der Waals surface area contributed by atoms with Crippen LogP contribution < -0.4 is 22.4 Å². The topological polar surface area (TPSA) is 138 Å². The van der Waals surface area contributed by atoms with E-state index in [1.807, 2.05) is 0 Å². The number of carbonyl (C=O) groups excluding carboxylic acids is 2. The summed E-state index contributed by atoms with van der Waals surface area (Å²) >= 11 is 0.913. The zero-order valence-electron chi connectivity index (χ0n) is 19.2. The molecule has 2 heterocycles. The highest BCUT2D eigenvalue weighted by Crippen LogP contribution is 2.29. The summed E-state index contributed by atoms with van der Waals surface area (Å²) in [4.78, 5) is 50.0. The van der Waals surface area contributed by atoms with E-state index in [1.54, 1.807) is 20.8 Å². The molecular formula is C19H26F3N5O6S. The largest absolute Gasteiger partial charge is 0.443 e. The number of primary amides is 1. The number of aromatic nitrogens is 2. The highest BCUT2D eigenvalue weighted by Gasteiger charge is 2.32. The molecule has 0 aliphatic carbocycles. The van der Waals surface area contributed by atoms with Crippen molar-refractivity contribution in [1.29, 1.82) is 0 Å². The standard InChI is InChI=1S/C19H26F3N5O6S/c1-10-11(8-27(15(23)29)24-16(30)33-18(2,3)4)34-14-12(10)13(28)26(9-19(20,21)22)17(31)25(14)6-7-32-5/h6-9H2,1-5H3,(H2,23,29)(H,24,30). The first-order valence-corrected chi connectivity index (χ1v) is 10.7. The highest BCUT2D eigenvalue weighted by molar-refractivity contribution is 7.18. The van der Waals surface area contributed by atoms with Crippen LogP contribution in [-0.2, 0) is 29.1 Å². The summed E-state index contributed by atoms with van der Waals surface area (Å²) in [6, 6.07) is -1.05. The maximum absolute atomic E-state index is 13.1. The fourth-order valence-electron chi connectivity index (χ4n) is 3.02. The van der Waals surface area contributed by atoms with Crippen LogP contribution in [0.3, 0.4) is 0 Å². The Morgan fingerprint density at radius 2 is 1.79 bits per heavy atom. The number of fused-ring (bicyclic) bond motifs is 1. The number of hydrogen-bond donors (Lipinski definition) is 2. The minimum Gasteiger partial charge on any atom is -0.443 e. The molecule has 2 rings (SSSR count). The first-order valence-electron chi connectivity index (χ1n) is 9.93.